The lowest BCUT2D eigenvalue weighted by molar-refractivity contribution is 0.0600. The van der Waals surface area contributed by atoms with E-state index in [0.717, 1.165) is 0 Å². The van der Waals surface area contributed by atoms with Crippen molar-refractivity contribution in [1.29, 1.82) is 0 Å². The van der Waals surface area contributed by atoms with Crippen LogP contribution < -0.4 is 15.4 Å². The first-order valence-corrected chi connectivity index (χ1v) is 9.06. The lowest BCUT2D eigenvalue weighted by atomic mass is 10.1. The van der Waals surface area contributed by atoms with Crippen molar-refractivity contribution in [3.8, 4) is 5.75 Å². The van der Waals surface area contributed by atoms with Crippen molar-refractivity contribution in [1.82, 2.24) is 0 Å². The van der Waals surface area contributed by atoms with E-state index in [1.54, 1.807) is 42.5 Å². The third-order valence-corrected chi connectivity index (χ3v) is 4.33. The summed E-state index contributed by atoms with van der Waals surface area (Å²) in [4.78, 5) is 36.3. The first kappa shape index (κ1) is 20.6. The Kier molecular flexibility index (Phi) is 6.44. The molecule has 0 spiro atoms. The Morgan fingerprint density at radius 2 is 1.20 bits per heavy atom. The van der Waals surface area contributed by atoms with Crippen LogP contribution in [0.4, 0.5) is 11.4 Å². The zero-order valence-electron chi connectivity index (χ0n) is 16.5. The average molecular weight is 404 g/mol. The van der Waals surface area contributed by atoms with E-state index in [2.05, 4.69) is 15.4 Å². The van der Waals surface area contributed by atoms with E-state index in [9.17, 15) is 14.4 Å². The Hall–Kier alpha value is -4.13. The van der Waals surface area contributed by atoms with Crippen LogP contribution in [0, 0.1) is 0 Å². The third-order valence-electron chi connectivity index (χ3n) is 4.33. The number of rotatable bonds is 6. The van der Waals surface area contributed by atoms with Gasteiger partial charge in [0.2, 0.25) is 0 Å². The van der Waals surface area contributed by atoms with E-state index >= 15 is 0 Å². The Bertz CT molecular complexity index is 1060. The van der Waals surface area contributed by atoms with Gasteiger partial charge >= 0.3 is 5.97 Å². The van der Waals surface area contributed by atoms with E-state index in [0.29, 0.717) is 33.8 Å². The summed E-state index contributed by atoms with van der Waals surface area (Å²) in [7, 11) is 2.83. The molecule has 7 nitrogen and oxygen atoms in total. The summed E-state index contributed by atoms with van der Waals surface area (Å²) in [6.07, 6.45) is 0. The van der Waals surface area contributed by atoms with Gasteiger partial charge in [0.25, 0.3) is 11.8 Å². The Labute approximate surface area is 173 Å². The highest BCUT2D eigenvalue weighted by Gasteiger charge is 2.11. The molecule has 0 atom stereocenters. The predicted molar refractivity (Wildman–Crippen MR) is 113 cm³/mol. The van der Waals surface area contributed by atoms with Crippen LogP contribution in [-0.2, 0) is 4.74 Å². The molecule has 7 heteroatoms. The zero-order chi connectivity index (χ0) is 21.5. The second-order valence-corrected chi connectivity index (χ2v) is 6.25. The molecule has 152 valence electrons. The van der Waals surface area contributed by atoms with Gasteiger partial charge in [-0.05, 0) is 60.7 Å². The summed E-state index contributed by atoms with van der Waals surface area (Å²) in [5.41, 5.74) is 2.28. The normalized spacial score (nSPS) is 10.1. The molecule has 3 rings (SSSR count). The molecule has 30 heavy (non-hydrogen) atoms. The number of anilines is 2. The second kappa shape index (κ2) is 9.38. The molecular formula is C23H20N2O5. The van der Waals surface area contributed by atoms with Crippen LogP contribution >= 0.6 is 0 Å². The number of hydrogen-bond acceptors (Lipinski definition) is 5. The topological polar surface area (TPSA) is 93.7 Å². The highest BCUT2D eigenvalue weighted by molar-refractivity contribution is 6.07. The van der Waals surface area contributed by atoms with Gasteiger partial charge in [-0.2, -0.15) is 0 Å². The molecular weight excluding hydrogens is 384 g/mol. The van der Waals surface area contributed by atoms with Crippen LogP contribution in [0.1, 0.15) is 31.1 Å². The molecule has 0 unspecified atom stereocenters. The number of para-hydroxylation sites is 2. The van der Waals surface area contributed by atoms with Crippen molar-refractivity contribution in [3.63, 3.8) is 0 Å². The summed E-state index contributed by atoms with van der Waals surface area (Å²) in [6, 6.07) is 19.7. The molecule has 0 saturated heterocycles. The largest absolute Gasteiger partial charge is 0.495 e. The highest BCUT2D eigenvalue weighted by Crippen LogP contribution is 2.24. The average Bonchev–Trinajstić information content (AvgIpc) is 2.79. The van der Waals surface area contributed by atoms with Crippen molar-refractivity contribution in [2.75, 3.05) is 24.9 Å². The summed E-state index contributed by atoms with van der Waals surface area (Å²) in [5, 5.41) is 5.54. The molecule has 0 heterocycles. The van der Waals surface area contributed by atoms with E-state index in [4.69, 9.17) is 4.74 Å². The Morgan fingerprint density at radius 3 is 1.80 bits per heavy atom. The van der Waals surface area contributed by atoms with Crippen LogP contribution in [0.3, 0.4) is 0 Å². The number of methoxy groups -OCH3 is 2. The molecule has 0 bridgehead atoms. The number of ether oxygens (including phenoxy) is 2. The van der Waals surface area contributed by atoms with E-state index in [-0.39, 0.29) is 11.8 Å². The molecule has 0 aliphatic heterocycles. The maximum atomic E-state index is 12.5. The van der Waals surface area contributed by atoms with Gasteiger partial charge in [0.1, 0.15) is 5.75 Å². The van der Waals surface area contributed by atoms with Gasteiger partial charge in [-0.3, -0.25) is 9.59 Å². The predicted octanol–water partition coefficient (Wildman–Crippen LogP) is 3.99. The van der Waals surface area contributed by atoms with Gasteiger partial charge in [-0.15, -0.1) is 0 Å². The van der Waals surface area contributed by atoms with Crippen molar-refractivity contribution in [2.24, 2.45) is 0 Å². The minimum Gasteiger partial charge on any atom is -0.495 e. The van der Waals surface area contributed by atoms with Crippen molar-refractivity contribution in [3.05, 3.63) is 89.5 Å². The minimum atomic E-state index is -0.469. The molecule has 0 saturated carbocycles. The SMILES string of the molecule is COC(=O)c1ccc(C(=O)Nc2ccc(C(=O)Nc3ccccc3OC)cc2)cc1. The fraction of sp³-hybridized carbons (Fsp3) is 0.0870. The first-order valence-electron chi connectivity index (χ1n) is 9.06. The second-order valence-electron chi connectivity index (χ2n) is 6.25. The highest BCUT2D eigenvalue weighted by atomic mass is 16.5. The number of carbonyl (C=O) groups is 3. The standard InChI is InChI=1S/C23H20N2O5/c1-29-20-6-4-3-5-19(20)25-22(27)16-11-13-18(14-12-16)24-21(26)15-7-9-17(10-8-15)23(28)30-2/h3-14H,1-2H3,(H,24,26)(H,25,27). The number of nitrogens with one attached hydrogen (secondary N) is 2. The van der Waals surface area contributed by atoms with Crippen molar-refractivity contribution < 1.29 is 23.9 Å². The Balaban J connectivity index is 1.64. The van der Waals surface area contributed by atoms with Gasteiger partial charge in [-0.1, -0.05) is 12.1 Å². The smallest absolute Gasteiger partial charge is 0.337 e. The fourth-order valence-corrected chi connectivity index (χ4v) is 2.73. The van der Waals surface area contributed by atoms with Gasteiger partial charge in [0, 0.05) is 16.8 Å². The van der Waals surface area contributed by atoms with Gasteiger partial charge in [0.05, 0.1) is 25.5 Å². The fourth-order valence-electron chi connectivity index (χ4n) is 2.73. The number of hydrogen-bond donors (Lipinski definition) is 2. The maximum Gasteiger partial charge on any atom is 0.337 e. The number of amides is 2. The van der Waals surface area contributed by atoms with Crippen molar-refractivity contribution >= 4 is 29.2 Å². The van der Waals surface area contributed by atoms with Gasteiger partial charge in [0.15, 0.2) is 0 Å². The van der Waals surface area contributed by atoms with Crippen LogP contribution in [0.25, 0.3) is 0 Å². The molecule has 0 aromatic heterocycles. The van der Waals surface area contributed by atoms with Crippen LogP contribution in [0.15, 0.2) is 72.8 Å². The molecule has 0 aliphatic carbocycles. The van der Waals surface area contributed by atoms with Crippen LogP contribution in [0.2, 0.25) is 0 Å². The third kappa shape index (κ3) is 4.82. The lowest BCUT2D eigenvalue weighted by Gasteiger charge is -2.10. The van der Waals surface area contributed by atoms with E-state index < -0.39 is 5.97 Å². The summed E-state index contributed by atoms with van der Waals surface area (Å²) in [6.45, 7) is 0. The monoisotopic (exact) mass is 404 g/mol. The molecule has 0 fully saturated rings. The lowest BCUT2D eigenvalue weighted by Crippen LogP contribution is -2.14. The van der Waals surface area contributed by atoms with E-state index in [1.165, 1.54) is 38.5 Å². The number of benzene rings is 3. The molecule has 3 aromatic rings. The summed E-state index contributed by atoms with van der Waals surface area (Å²) >= 11 is 0. The Morgan fingerprint density at radius 1 is 0.667 bits per heavy atom. The number of esters is 1. The zero-order valence-corrected chi connectivity index (χ0v) is 16.5. The molecule has 2 amide bonds. The minimum absolute atomic E-state index is 0.296. The van der Waals surface area contributed by atoms with E-state index in [1.807, 2.05) is 6.07 Å². The first-order chi connectivity index (χ1) is 14.5. The molecule has 2 N–H and O–H groups in total. The maximum absolute atomic E-state index is 12.5. The van der Waals surface area contributed by atoms with Crippen LogP contribution in [0.5, 0.6) is 5.75 Å². The van der Waals surface area contributed by atoms with Crippen molar-refractivity contribution in [2.45, 2.75) is 0 Å². The summed E-state index contributed by atoms with van der Waals surface area (Å²) < 4.78 is 9.86. The molecule has 0 radical (unpaired) electrons. The molecule has 3 aromatic carbocycles. The van der Waals surface area contributed by atoms with Gasteiger partial charge in [-0.25, -0.2) is 4.79 Å². The quantitative estimate of drug-likeness (QED) is 0.606. The van der Waals surface area contributed by atoms with Crippen LogP contribution in [-0.4, -0.2) is 32.0 Å². The number of carbonyl (C=O) groups excluding carboxylic acids is 3. The van der Waals surface area contributed by atoms with Gasteiger partial charge < -0.3 is 20.1 Å². The molecule has 0 aliphatic rings. The summed E-state index contributed by atoms with van der Waals surface area (Å²) in [5.74, 6) is -0.537.